The minimum Gasteiger partial charge on any atom is -0.346 e. The first-order valence-electron chi connectivity index (χ1n) is 8.57. The highest BCUT2D eigenvalue weighted by Gasteiger charge is 2.27. The van der Waals surface area contributed by atoms with Crippen LogP contribution < -0.4 is 5.32 Å². The molecule has 2 fully saturated rings. The lowest BCUT2D eigenvalue weighted by Gasteiger charge is -2.26. The third-order valence-electron chi connectivity index (χ3n) is 5.34. The second-order valence-electron chi connectivity index (χ2n) is 7.04. The lowest BCUT2D eigenvalue weighted by molar-refractivity contribution is 0.345. The highest BCUT2D eigenvalue weighted by molar-refractivity contribution is 7.91. The summed E-state index contributed by atoms with van der Waals surface area (Å²) < 4.78 is 25.6. The highest BCUT2D eigenvalue weighted by atomic mass is 32.2. The maximum absolute atomic E-state index is 11.5. The van der Waals surface area contributed by atoms with Crippen molar-refractivity contribution in [2.45, 2.75) is 71.0 Å². The SMILES string of the molecule is Cc1cc(CN[C@H]2CCS(=O)(=O)C2)c(C)n1C1CCCCC1. The van der Waals surface area contributed by atoms with Gasteiger partial charge in [0.2, 0.25) is 0 Å². The van der Waals surface area contributed by atoms with Gasteiger partial charge >= 0.3 is 0 Å². The van der Waals surface area contributed by atoms with E-state index in [0.717, 1.165) is 13.0 Å². The van der Waals surface area contributed by atoms with E-state index in [0.29, 0.717) is 17.5 Å². The van der Waals surface area contributed by atoms with Gasteiger partial charge in [-0.05, 0) is 44.7 Å². The Labute approximate surface area is 134 Å². The Hall–Kier alpha value is -0.810. The molecule has 0 radical (unpaired) electrons. The van der Waals surface area contributed by atoms with Crippen LogP contribution in [0.2, 0.25) is 0 Å². The molecule has 3 rings (SSSR count). The lowest BCUT2D eigenvalue weighted by atomic mass is 9.95. The number of aryl methyl sites for hydroxylation is 1. The number of rotatable bonds is 4. The van der Waals surface area contributed by atoms with Crippen molar-refractivity contribution < 1.29 is 8.42 Å². The van der Waals surface area contributed by atoms with Gasteiger partial charge < -0.3 is 9.88 Å². The van der Waals surface area contributed by atoms with Crippen molar-refractivity contribution in [2.75, 3.05) is 11.5 Å². The van der Waals surface area contributed by atoms with E-state index in [-0.39, 0.29) is 6.04 Å². The van der Waals surface area contributed by atoms with Crippen LogP contribution >= 0.6 is 0 Å². The first-order chi connectivity index (χ1) is 10.5. The van der Waals surface area contributed by atoms with Gasteiger partial charge in [-0.25, -0.2) is 8.42 Å². The molecule has 4 nitrogen and oxygen atoms in total. The van der Waals surface area contributed by atoms with Gasteiger partial charge in [0.1, 0.15) is 0 Å². The van der Waals surface area contributed by atoms with Gasteiger partial charge in [0, 0.05) is 30.0 Å². The van der Waals surface area contributed by atoms with Crippen LogP contribution in [-0.4, -0.2) is 30.5 Å². The monoisotopic (exact) mass is 324 g/mol. The van der Waals surface area contributed by atoms with Gasteiger partial charge in [-0.2, -0.15) is 0 Å². The lowest BCUT2D eigenvalue weighted by Crippen LogP contribution is -2.29. The van der Waals surface area contributed by atoms with Crippen molar-refractivity contribution in [2.24, 2.45) is 0 Å². The van der Waals surface area contributed by atoms with Crippen LogP contribution in [0.3, 0.4) is 0 Å². The smallest absolute Gasteiger partial charge is 0.151 e. The van der Waals surface area contributed by atoms with Crippen LogP contribution in [0.5, 0.6) is 0 Å². The van der Waals surface area contributed by atoms with Crippen molar-refractivity contribution in [1.82, 2.24) is 9.88 Å². The zero-order valence-electron chi connectivity index (χ0n) is 13.8. The third kappa shape index (κ3) is 3.40. The molecule has 1 saturated heterocycles. The Morgan fingerprint density at radius 3 is 2.55 bits per heavy atom. The summed E-state index contributed by atoms with van der Waals surface area (Å²) in [7, 11) is -2.80. The van der Waals surface area contributed by atoms with Crippen molar-refractivity contribution >= 4 is 9.84 Å². The Balaban J connectivity index is 1.67. The standard InChI is InChI=1S/C17H28N2O2S/c1-13-10-15(11-18-16-8-9-22(20,21)12-16)14(2)19(13)17-6-4-3-5-7-17/h10,16-18H,3-9,11-12H2,1-2H3/t16-/m0/s1. The summed E-state index contributed by atoms with van der Waals surface area (Å²) in [5, 5.41) is 3.45. The Bertz CT molecular complexity index is 627. The summed E-state index contributed by atoms with van der Waals surface area (Å²) in [4.78, 5) is 0. The van der Waals surface area contributed by atoms with Crippen molar-refractivity contribution in [1.29, 1.82) is 0 Å². The molecule has 1 atom stereocenters. The van der Waals surface area contributed by atoms with Gasteiger partial charge in [-0.3, -0.25) is 0 Å². The molecule has 22 heavy (non-hydrogen) atoms. The fourth-order valence-corrected chi connectivity index (χ4v) is 5.84. The molecule has 1 N–H and O–H groups in total. The van der Waals surface area contributed by atoms with Gasteiger partial charge in [-0.15, -0.1) is 0 Å². The molecule has 5 heteroatoms. The zero-order chi connectivity index (χ0) is 15.7. The van der Waals surface area contributed by atoms with Gasteiger partial charge in [0.15, 0.2) is 9.84 Å². The fraction of sp³-hybridized carbons (Fsp3) is 0.765. The van der Waals surface area contributed by atoms with Crippen LogP contribution in [0, 0.1) is 13.8 Å². The first kappa shape index (κ1) is 16.1. The minimum atomic E-state index is -2.80. The molecule has 124 valence electrons. The summed E-state index contributed by atoms with van der Waals surface area (Å²) in [5.41, 5.74) is 4.03. The van der Waals surface area contributed by atoms with Gasteiger partial charge in [0.05, 0.1) is 11.5 Å². The molecule has 0 bridgehead atoms. The number of sulfone groups is 1. The zero-order valence-corrected chi connectivity index (χ0v) is 14.6. The van der Waals surface area contributed by atoms with E-state index < -0.39 is 9.84 Å². The molecule has 2 heterocycles. The summed E-state index contributed by atoms with van der Waals surface area (Å²) >= 11 is 0. The number of nitrogens with one attached hydrogen (secondary N) is 1. The van der Waals surface area contributed by atoms with Gasteiger partial charge in [0.25, 0.3) is 0 Å². The van der Waals surface area contributed by atoms with Crippen LogP contribution in [0.1, 0.15) is 61.5 Å². The Morgan fingerprint density at radius 1 is 1.18 bits per heavy atom. The molecule has 1 aliphatic carbocycles. The van der Waals surface area contributed by atoms with Crippen LogP contribution in [-0.2, 0) is 16.4 Å². The second kappa shape index (κ2) is 6.36. The van der Waals surface area contributed by atoms with Crippen LogP contribution in [0.15, 0.2) is 6.07 Å². The second-order valence-corrected chi connectivity index (χ2v) is 9.27. The molecule has 0 aromatic carbocycles. The topological polar surface area (TPSA) is 51.1 Å². The minimum absolute atomic E-state index is 0.128. The van der Waals surface area contributed by atoms with E-state index in [1.165, 1.54) is 49.1 Å². The molecule has 1 aliphatic heterocycles. The molecular weight excluding hydrogens is 296 g/mol. The van der Waals surface area contributed by atoms with E-state index in [1.54, 1.807) is 0 Å². The highest BCUT2D eigenvalue weighted by Crippen LogP contribution is 2.32. The fourth-order valence-electron chi connectivity index (χ4n) is 4.14. The summed E-state index contributed by atoms with van der Waals surface area (Å²) in [6, 6.07) is 3.07. The Morgan fingerprint density at radius 2 is 1.91 bits per heavy atom. The average Bonchev–Trinajstić information content (AvgIpc) is 2.97. The van der Waals surface area contributed by atoms with Crippen molar-refractivity contribution in [3.8, 4) is 0 Å². The maximum atomic E-state index is 11.5. The summed E-state index contributed by atoms with van der Waals surface area (Å²) in [6.45, 7) is 5.20. The molecule has 0 spiro atoms. The van der Waals surface area contributed by atoms with Gasteiger partial charge in [-0.1, -0.05) is 19.3 Å². The first-order valence-corrected chi connectivity index (χ1v) is 10.4. The molecular formula is C17H28N2O2S. The average molecular weight is 324 g/mol. The number of nitrogens with zero attached hydrogens (tertiary/aromatic N) is 1. The summed E-state index contributed by atoms with van der Waals surface area (Å²) in [6.07, 6.45) is 7.41. The molecule has 1 aromatic heterocycles. The number of hydrogen-bond donors (Lipinski definition) is 1. The molecule has 1 saturated carbocycles. The largest absolute Gasteiger partial charge is 0.346 e. The molecule has 2 aliphatic rings. The quantitative estimate of drug-likeness (QED) is 0.926. The predicted octanol–water partition coefficient (Wildman–Crippen LogP) is 2.89. The maximum Gasteiger partial charge on any atom is 0.151 e. The van der Waals surface area contributed by atoms with E-state index >= 15 is 0 Å². The third-order valence-corrected chi connectivity index (χ3v) is 7.11. The number of hydrogen-bond acceptors (Lipinski definition) is 3. The number of aromatic nitrogens is 1. The van der Waals surface area contributed by atoms with Crippen molar-refractivity contribution in [3.63, 3.8) is 0 Å². The van der Waals surface area contributed by atoms with E-state index in [1.807, 2.05) is 0 Å². The van der Waals surface area contributed by atoms with E-state index in [4.69, 9.17) is 0 Å². The van der Waals surface area contributed by atoms with E-state index in [2.05, 4.69) is 29.8 Å². The summed E-state index contributed by atoms with van der Waals surface area (Å²) in [5.74, 6) is 0.639. The van der Waals surface area contributed by atoms with Crippen LogP contribution in [0.25, 0.3) is 0 Å². The Kier molecular flexibility index (Phi) is 4.64. The molecule has 1 aromatic rings. The molecule has 0 amide bonds. The van der Waals surface area contributed by atoms with E-state index in [9.17, 15) is 8.42 Å². The van der Waals surface area contributed by atoms with Crippen LogP contribution in [0.4, 0.5) is 0 Å². The van der Waals surface area contributed by atoms with Crippen molar-refractivity contribution in [3.05, 3.63) is 23.0 Å². The molecule has 0 unspecified atom stereocenters. The predicted molar refractivity (Wildman–Crippen MR) is 89.9 cm³/mol. The normalized spacial score (nSPS) is 25.6.